The lowest BCUT2D eigenvalue weighted by molar-refractivity contribution is 0.480. The minimum Gasteiger partial charge on any atom is -0.456 e. The first-order valence-corrected chi connectivity index (χ1v) is 21.7. The third-order valence-corrected chi connectivity index (χ3v) is 13.4. The van der Waals surface area contributed by atoms with Crippen molar-refractivity contribution in [2.75, 3.05) is 9.80 Å². The number of ether oxygens (including phenoxy) is 2. The van der Waals surface area contributed by atoms with Crippen LogP contribution >= 0.6 is 0 Å². The summed E-state index contributed by atoms with van der Waals surface area (Å²) in [6.45, 7) is 4.68. The Morgan fingerprint density at radius 1 is 0.302 bits per heavy atom. The summed E-state index contributed by atoms with van der Waals surface area (Å²) in [5.41, 5.74) is 16.0. The van der Waals surface area contributed by atoms with Crippen LogP contribution in [0.1, 0.15) is 25.0 Å². The van der Waals surface area contributed by atoms with E-state index in [0.717, 1.165) is 90.1 Å². The molecule has 0 amide bonds. The fourth-order valence-corrected chi connectivity index (χ4v) is 10.4. The Hall–Kier alpha value is -8.08. The Labute approximate surface area is 366 Å². The largest absolute Gasteiger partial charge is 0.456 e. The molecule has 4 heteroatoms. The normalized spacial score (nSPS) is 13.3. The van der Waals surface area contributed by atoms with Gasteiger partial charge in [0.15, 0.2) is 0 Å². The maximum Gasteiger partial charge on any atom is 0.137 e. The van der Waals surface area contributed by atoms with Crippen LogP contribution in [0.4, 0.5) is 34.1 Å². The first-order chi connectivity index (χ1) is 31.0. The molecule has 0 unspecified atom stereocenters. The lowest BCUT2D eigenvalue weighted by Crippen LogP contribution is -2.16. The van der Waals surface area contributed by atoms with Crippen molar-refractivity contribution in [2.45, 2.75) is 19.3 Å². The van der Waals surface area contributed by atoms with Crippen molar-refractivity contribution >= 4 is 55.7 Å². The molecule has 4 nitrogen and oxygen atoms in total. The third-order valence-electron chi connectivity index (χ3n) is 13.4. The zero-order chi connectivity index (χ0) is 41.8. The van der Waals surface area contributed by atoms with Gasteiger partial charge in [0.05, 0.1) is 0 Å². The molecule has 3 aliphatic rings. The number of fused-ring (bicyclic) bond motifs is 8. The smallest absolute Gasteiger partial charge is 0.137 e. The van der Waals surface area contributed by atoms with Crippen molar-refractivity contribution in [3.8, 4) is 56.4 Å². The molecule has 2 aliphatic heterocycles. The second-order valence-electron chi connectivity index (χ2n) is 17.3. The number of hydrogen-bond acceptors (Lipinski definition) is 4. The van der Waals surface area contributed by atoms with Gasteiger partial charge in [-0.25, -0.2) is 0 Å². The molecule has 2 heterocycles. The maximum absolute atomic E-state index is 6.96. The highest BCUT2D eigenvalue weighted by molar-refractivity contribution is 6.14. The van der Waals surface area contributed by atoms with Crippen LogP contribution in [0.5, 0.6) is 23.0 Å². The Balaban J connectivity index is 0.917. The summed E-state index contributed by atoms with van der Waals surface area (Å²) in [6, 6.07) is 73.9. The fourth-order valence-electron chi connectivity index (χ4n) is 10.4. The maximum atomic E-state index is 6.96. The van der Waals surface area contributed by atoms with E-state index in [1.807, 2.05) is 0 Å². The van der Waals surface area contributed by atoms with Gasteiger partial charge < -0.3 is 19.3 Å². The molecule has 0 fully saturated rings. The number of hydrogen-bond donors (Lipinski definition) is 0. The summed E-state index contributed by atoms with van der Waals surface area (Å²) < 4.78 is 13.8. The van der Waals surface area contributed by atoms with E-state index in [1.165, 1.54) is 33.0 Å². The van der Waals surface area contributed by atoms with E-state index < -0.39 is 0 Å². The molecule has 0 atom stereocenters. The summed E-state index contributed by atoms with van der Waals surface area (Å²) in [7, 11) is 0. The zero-order valence-corrected chi connectivity index (χ0v) is 34.8. The van der Waals surface area contributed by atoms with E-state index in [0.29, 0.717) is 0 Å². The topological polar surface area (TPSA) is 24.9 Å². The number of anilines is 6. The molecule has 0 N–H and O–H groups in total. The van der Waals surface area contributed by atoms with E-state index in [1.54, 1.807) is 0 Å². The number of benzene rings is 10. The van der Waals surface area contributed by atoms with Crippen molar-refractivity contribution in [3.63, 3.8) is 0 Å². The van der Waals surface area contributed by atoms with E-state index in [-0.39, 0.29) is 5.41 Å². The highest BCUT2D eigenvalue weighted by Crippen LogP contribution is 2.57. The molecule has 298 valence electrons. The van der Waals surface area contributed by atoms with Gasteiger partial charge >= 0.3 is 0 Å². The number of para-hydroxylation sites is 2. The SMILES string of the molecule is CC1(C)c2ccccc2-c2ccc(N(c3ccc4c(c3)Oc3ccc5c6c(ccc-4c36)Oc3cc(N(c4ccccc4)c4ccccc4)ccc3-5)c3ccc4ccccc4c3)cc21. The molecule has 0 spiro atoms. The highest BCUT2D eigenvalue weighted by Gasteiger charge is 2.36. The minimum absolute atomic E-state index is 0.129. The van der Waals surface area contributed by atoms with Gasteiger partial charge in [0.2, 0.25) is 0 Å². The molecule has 10 aromatic carbocycles. The van der Waals surface area contributed by atoms with Crippen LogP contribution in [0.3, 0.4) is 0 Å². The molecular weight excluding hydrogens is 769 g/mol. The highest BCUT2D eigenvalue weighted by atomic mass is 16.5. The standard InChI is InChI=1S/C59H40N2O2/c1-59(2)51-20-12-11-19-45(51)46-26-23-42(34-52(46)59)61(41-22-21-37-13-9-10-14-38(37)33-41)44-25-28-48-50-30-31-53-57-49(29-32-54(58(50)57)63-56(48)36-44)47-27-24-43(35-55(47)62-53)60(39-15-5-3-6-16-39)40-17-7-4-8-18-40/h3-36H,1-2H3. The van der Waals surface area contributed by atoms with Gasteiger partial charge in [-0.1, -0.05) is 111 Å². The van der Waals surface area contributed by atoms with Crippen LogP contribution in [0, 0.1) is 0 Å². The zero-order valence-electron chi connectivity index (χ0n) is 34.8. The summed E-state index contributed by atoms with van der Waals surface area (Å²) in [6.07, 6.45) is 0. The molecule has 0 saturated carbocycles. The average Bonchev–Trinajstić information content (AvgIpc) is 3.56. The average molecular weight is 809 g/mol. The van der Waals surface area contributed by atoms with Gasteiger partial charge in [0.1, 0.15) is 23.0 Å². The minimum atomic E-state index is -0.129. The number of rotatable bonds is 6. The molecular formula is C59H40N2O2. The van der Waals surface area contributed by atoms with Crippen LogP contribution in [0.25, 0.3) is 54.9 Å². The lowest BCUT2D eigenvalue weighted by Gasteiger charge is -2.31. The van der Waals surface area contributed by atoms with Gasteiger partial charge in [-0.2, -0.15) is 0 Å². The molecule has 63 heavy (non-hydrogen) atoms. The van der Waals surface area contributed by atoms with Gasteiger partial charge in [-0.3, -0.25) is 0 Å². The Bertz CT molecular complexity index is 3460. The van der Waals surface area contributed by atoms with Gasteiger partial charge in [-0.05, 0) is 141 Å². The predicted molar refractivity (Wildman–Crippen MR) is 259 cm³/mol. The van der Waals surface area contributed by atoms with Crippen LogP contribution in [0.2, 0.25) is 0 Å². The summed E-state index contributed by atoms with van der Waals surface area (Å²) in [5.74, 6) is 3.31. The van der Waals surface area contributed by atoms with E-state index in [9.17, 15) is 0 Å². The Morgan fingerprint density at radius 3 is 1.37 bits per heavy atom. The van der Waals surface area contributed by atoms with Crippen LogP contribution in [-0.4, -0.2) is 0 Å². The molecule has 1 aliphatic carbocycles. The molecule has 0 bridgehead atoms. The molecule has 0 aromatic heterocycles. The first kappa shape index (κ1) is 35.7. The van der Waals surface area contributed by atoms with E-state index in [2.05, 4.69) is 230 Å². The predicted octanol–water partition coefficient (Wildman–Crippen LogP) is 16.8. The van der Waals surface area contributed by atoms with Crippen molar-refractivity contribution in [2.24, 2.45) is 0 Å². The van der Waals surface area contributed by atoms with Gasteiger partial charge in [0, 0.05) is 73.6 Å². The molecule has 10 aromatic rings. The summed E-state index contributed by atoms with van der Waals surface area (Å²) >= 11 is 0. The lowest BCUT2D eigenvalue weighted by atomic mass is 9.82. The van der Waals surface area contributed by atoms with Gasteiger partial charge in [-0.15, -0.1) is 0 Å². The van der Waals surface area contributed by atoms with Crippen LogP contribution in [0.15, 0.2) is 206 Å². The first-order valence-electron chi connectivity index (χ1n) is 21.7. The Morgan fingerprint density at radius 2 is 0.746 bits per heavy atom. The second-order valence-corrected chi connectivity index (χ2v) is 17.3. The molecule has 0 saturated heterocycles. The summed E-state index contributed by atoms with van der Waals surface area (Å²) in [5, 5.41) is 4.55. The Kier molecular flexibility index (Phi) is 7.62. The van der Waals surface area contributed by atoms with E-state index in [4.69, 9.17) is 9.47 Å². The van der Waals surface area contributed by atoms with E-state index >= 15 is 0 Å². The van der Waals surface area contributed by atoms with Crippen molar-refractivity contribution < 1.29 is 9.47 Å². The van der Waals surface area contributed by atoms with Crippen LogP contribution in [-0.2, 0) is 5.41 Å². The monoisotopic (exact) mass is 808 g/mol. The van der Waals surface area contributed by atoms with Crippen molar-refractivity contribution in [1.82, 2.24) is 0 Å². The fraction of sp³-hybridized carbons (Fsp3) is 0.0508. The van der Waals surface area contributed by atoms with Crippen LogP contribution < -0.4 is 19.3 Å². The van der Waals surface area contributed by atoms with Gasteiger partial charge in [0.25, 0.3) is 0 Å². The molecule has 13 rings (SSSR count). The quantitative estimate of drug-likeness (QED) is 0.167. The van der Waals surface area contributed by atoms with Crippen molar-refractivity contribution in [1.29, 1.82) is 0 Å². The second kappa shape index (κ2) is 13.5. The molecule has 0 radical (unpaired) electrons. The third kappa shape index (κ3) is 5.41. The van der Waals surface area contributed by atoms with Crippen molar-refractivity contribution in [3.05, 3.63) is 217 Å². The summed E-state index contributed by atoms with van der Waals surface area (Å²) in [4.78, 5) is 4.64. The number of nitrogens with zero attached hydrogens (tertiary/aromatic N) is 2.